The number of aliphatic imine (C=N–C) groups is 1. The lowest BCUT2D eigenvalue weighted by Gasteiger charge is -2.13. The number of hydrogen-bond acceptors (Lipinski definition) is 5. The molecular formula is C21H17F3N2O3. The molecule has 150 valence electrons. The topological polar surface area (TPSA) is 79.5 Å². The first-order valence-electron chi connectivity index (χ1n) is 8.61. The van der Waals surface area contributed by atoms with E-state index in [0.717, 1.165) is 11.8 Å². The number of nitriles is 1. The lowest BCUT2D eigenvalue weighted by atomic mass is 10.1. The first-order chi connectivity index (χ1) is 13.8. The van der Waals surface area contributed by atoms with E-state index < -0.39 is 30.4 Å². The molecule has 29 heavy (non-hydrogen) atoms. The Morgan fingerprint density at radius 3 is 2.31 bits per heavy atom. The Kier molecular flexibility index (Phi) is 7.66. The van der Waals surface area contributed by atoms with Gasteiger partial charge in [-0.2, -0.15) is 18.4 Å². The molecule has 0 aliphatic heterocycles. The molecule has 0 amide bonds. The van der Waals surface area contributed by atoms with Crippen LogP contribution in [0, 0.1) is 11.3 Å². The molecular weight excluding hydrogens is 385 g/mol. The first-order valence-corrected chi connectivity index (χ1v) is 8.61. The van der Waals surface area contributed by atoms with Crippen molar-refractivity contribution < 1.29 is 27.5 Å². The molecule has 0 unspecified atom stereocenters. The van der Waals surface area contributed by atoms with Crippen LogP contribution in [-0.2, 0) is 27.4 Å². The molecule has 0 aliphatic rings. The minimum absolute atomic E-state index is 0.0766. The fraction of sp³-hybridized carbons (Fsp3) is 0.238. The van der Waals surface area contributed by atoms with Crippen molar-refractivity contribution in [2.75, 3.05) is 0 Å². The molecule has 2 rings (SSSR count). The number of halogens is 3. The minimum atomic E-state index is -4.95. The summed E-state index contributed by atoms with van der Waals surface area (Å²) >= 11 is 0. The second-order valence-electron chi connectivity index (χ2n) is 6.08. The zero-order chi connectivity index (χ0) is 21.3. The van der Waals surface area contributed by atoms with Gasteiger partial charge < -0.3 is 4.74 Å². The predicted molar refractivity (Wildman–Crippen MR) is 99.1 cm³/mol. The maximum absolute atomic E-state index is 12.4. The number of ether oxygens (including phenoxy) is 1. The van der Waals surface area contributed by atoms with Crippen LogP contribution in [0.3, 0.4) is 0 Å². The molecule has 0 saturated heterocycles. The van der Waals surface area contributed by atoms with Crippen molar-refractivity contribution in [3.8, 4) is 6.07 Å². The van der Waals surface area contributed by atoms with Gasteiger partial charge in [0.05, 0.1) is 18.1 Å². The molecule has 0 heterocycles. The standard InChI is InChI=1S/C21H17F3N2O3/c22-21(23,24)19(27)10-11-26-18(12-15-4-2-1-3-5-15)20(28)29-14-17-8-6-16(13-25)7-9-17/h1-9,11,18H,10,12,14H2/t18-/m0/s1. The summed E-state index contributed by atoms with van der Waals surface area (Å²) in [4.78, 5) is 27.3. The molecule has 0 fully saturated rings. The zero-order valence-corrected chi connectivity index (χ0v) is 15.2. The van der Waals surface area contributed by atoms with Gasteiger partial charge in [-0.25, -0.2) is 4.79 Å². The second-order valence-corrected chi connectivity index (χ2v) is 6.08. The van der Waals surface area contributed by atoms with E-state index in [1.165, 1.54) is 0 Å². The van der Waals surface area contributed by atoms with Gasteiger partial charge in [0, 0.05) is 12.6 Å². The van der Waals surface area contributed by atoms with Crippen molar-refractivity contribution in [3.05, 3.63) is 71.3 Å². The highest BCUT2D eigenvalue weighted by molar-refractivity contribution is 5.95. The number of hydrogen-bond donors (Lipinski definition) is 0. The summed E-state index contributed by atoms with van der Waals surface area (Å²) in [6.07, 6.45) is -4.98. The lowest BCUT2D eigenvalue weighted by molar-refractivity contribution is -0.169. The van der Waals surface area contributed by atoms with Crippen molar-refractivity contribution in [2.24, 2.45) is 4.99 Å². The maximum Gasteiger partial charge on any atom is 0.450 e. The summed E-state index contributed by atoms with van der Waals surface area (Å²) < 4.78 is 42.2. The van der Waals surface area contributed by atoms with Crippen LogP contribution in [0.4, 0.5) is 13.2 Å². The third-order valence-electron chi connectivity index (χ3n) is 3.89. The van der Waals surface area contributed by atoms with Crippen molar-refractivity contribution >= 4 is 18.0 Å². The normalized spacial score (nSPS) is 12.3. The summed E-state index contributed by atoms with van der Waals surface area (Å²) in [5.74, 6) is -2.67. The second kappa shape index (κ2) is 10.2. The third kappa shape index (κ3) is 7.22. The van der Waals surface area contributed by atoms with Crippen LogP contribution < -0.4 is 0 Å². The highest BCUT2D eigenvalue weighted by Crippen LogP contribution is 2.17. The SMILES string of the molecule is N#Cc1ccc(COC(=O)[C@H](Cc2ccccc2)N=CCC(=O)C(F)(F)F)cc1. The van der Waals surface area contributed by atoms with Gasteiger partial charge in [0.15, 0.2) is 6.04 Å². The van der Waals surface area contributed by atoms with Crippen LogP contribution in [0.1, 0.15) is 23.1 Å². The summed E-state index contributed by atoms with van der Waals surface area (Å²) in [6, 6.07) is 16.1. The van der Waals surface area contributed by atoms with Gasteiger partial charge >= 0.3 is 12.1 Å². The third-order valence-corrected chi connectivity index (χ3v) is 3.89. The largest absolute Gasteiger partial charge is 0.459 e. The van der Waals surface area contributed by atoms with Crippen LogP contribution >= 0.6 is 0 Å². The number of benzene rings is 2. The predicted octanol–water partition coefficient (Wildman–Crippen LogP) is 3.81. The molecule has 0 bridgehead atoms. The number of Topliss-reactive ketones (excluding diaryl/α,β-unsaturated/α-hetero) is 1. The van der Waals surface area contributed by atoms with E-state index in [2.05, 4.69) is 4.99 Å². The van der Waals surface area contributed by atoms with Crippen molar-refractivity contribution in [3.63, 3.8) is 0 Å². The molecule has 8 heteroatoms. The summed E-state index contributed by atoms with van der Waals surface area (Å²) in [7, 11) is 0. The van der Waals surface area contributed by atoms with Gasteiger partial charge in [0.25, 0.3) is 0 Å². The average Bonchev–Trinajstić information content (AvgIpc) is 2.71. The van der Waals surface area contributed by atoms with Gasteiger partial charge in [-0.1, -0.05) is 42.5 Å². The maximum atomic E-state index is 12.4. The molecule has 2 aromatic rings. The molecule has 1 atom stereocenters. The Morgan fingerprint density at radius 2 is 1.72 bits per heavy atom. The van der Waals surface area contributed by atoms with E-state index >= 15 is 0 Å². The van der Waals surface area contributed by atoms with Gasteiger partial charge in [-0.05, 0) is 23.3 Å². The number of carbonyl (C=O) groups excluding carboxylic acids is 2. The molecule has 0 saturated carbocycles. The number of esters is 1. The number of alkyl halides is 3. The molecule has 0 aliphatic carbocycles. The van der Waals surface area contributed by atoms with Gasteiger partial charge in [0.1, 0.15) is 6.61 Å². The van der Waals surface area contributed by atoms with E-state index in [1.807, 2.05) is 6.07 Å². The van der Waals surface area contributed by atoms with E-state index in [0.29, 0.717) is 11.1 Å². The molecule has 0 radical (unpaired) electrons. The number of ketones is 1. The molecule has 0 spiro atoms. The average molecular weight is 402 g/mol. The number of rotatable bonds is 8. The monoisotopic (exact) mass is 402 g/mol. The lowest BCUT2D eigenvalue weighted by Crippen LogP contribution is -2.26. The van der Waals surface area contributed by atoms with Crippen molar-refractivity contribution in [1.82, 2.24) is 0 Å². The minimum Gasteiger partial charge on any atom is -0.459 e. The van der Waals surface area contributed by atoms with Crippen LogP contribution in [0.2, 0.25) is 0 Å². The fourth-order valence-corrected chi connectivity index (χ4v) is 2.34. The van der Waals surface area contributed by atoms with Crippen molar-refractivity contribution in [2.45, 2.75) is 31.7 Å². The van der Waals surface area contributed by atoms with E-state index in [9.17, 15) is 22.8 Å². The Hall–Kier alpha value is -3.47. The van der Waals surface area contributed by atoms with Crippen LogP contribution in [0.15, 0.2) is 59.6 Å². The van der Waals surface area contributed by atoms with Crippen LogP contribution in [0.25, 0.3) is 0 Å². The number of carbonyl (C=O) groups is 2. The first kappa shape index (κ1) is 21.8. The fourth-order valence-electron chi connectivity index (χ4n) is 2.34. The summed E-state index contributed by atoms with van der Waals surface area (Å²) in [5, 5.41) is 8.79. The summed E-state index contributed by atoms with van der Waals surface area (Å²) in [5.41, 5.74) is 1.85. The molecule has 0 N–H and O–H groups in total. The Balaban J connectivity index is 2.05. The van der Waals surface area contributed by atoms with Crippen molar-refractivity contribution in [1.29, 1.82) is 5.26 Å². The van der Waals surface area contributed by atoms with Crippen LogP contribution in [0.5, 0.6) is 0 Å². The molecule has 5 nitrogen and oxygen atoms in total. The van der Waals surface area contributed by atoms with Crippen LogP contribution in [-0.4, -0.2) is 30.2 Å². The number of nitrogens with zero attached hydrogens (tertiary/aromatic N) is 2. The van der Waals surface area contributed by atoms with Gasteiger partial charge in [-0.15, -0.1) is 0 Å². The molecule has 2 aromatic carbocycles. The summed E-state index contributed by atoms with van der Waals surface area (Å²) in [6.45, 7) is -0.0766. The quantitative estimate of drug-likeness (QED) is 0.497. The Morgan fingerprint density at radius 1 is 1.07 bits per heavy atom. The van der Waals surface area contributed by atoms with Gasteiger partial charge in [-0.3, -0.25) is 9.79 Å². The molecule has 0 aromatic heterocycles. The highest BCUT2D eigenvalue weighted by Gasteiger charge is 2.37. The highest BCUT2D eigenvalue weighted by atomic mass is 19.4. The van der Waals surface area contributed by atoms with E-state index in [1.54, 1.807) is 54.6 Å². The smallest absolute Gasteiger partial charge is 0.450 e. The van der Waals surface area contributed by atoms with Gasteiger partial charge in [0.2, 0.25) is 5.78 Å². The Bertz CT molecular complexity index is 902. The zero-order valence-electron chi connectivity index (χ0n) is 15.2. The Labute approximate surface area is 165 Å². The van der Waals surface area contributed by atoms with E-state index in [4.69, 9.17) is 10.00 Å². The van der Waals surface area contributed by atoms with E-state index in [-0.39, 0.29) is 13.0 Å².